The second-order valence-electron chi connectivity index (χ2n) is 6.11. The predicted molar refractivity (Wildman–Crippen MR) is 103 cm³/mol. The molecule has 0 unspecified atom stereocenters. The minimum absolute atomic E-state index is 0.148. The summed E-state index contributed by atoms with van der Waals surface area (Å²) in [6.45, 7) is 0.456. The molecule has 4 heteroatoms. The zero-order valence-electron chi connectivity index (χ0n) is 14.8. The molecule has 27 heavy (non-hydrogen) atoms. The Hall–Kier alpha value is -3.53. The number of Topliss-reactive ketones (excluding diaryl/α,β-unsaturated/α-hetero) is 1. The van der Waals surface area contributed by atoms with E-state index in [1.54, 1.807) is 31.4 Å². The Balaban J connectivity index is 1.54. The molecule has 4 rings (SSSR count). The van der Waals surface area contributed by atoms with Crippen LogP contribution in [0.1, 0.15) is 21.5 Å². The normalized spacial score (nSPS) is 14.0. The molecule has 0 bridgehead atoms. The first kappa shape index (κ1) is 16.9. The van der Waals surface area contributed by atoms with Gasteiger partial charge in [-0.05, 0) is 29.8 Å². The molecule has 3 aromatic rings. The molecule has 4 nitrogen and oxygen atoms in total. The third-order valence-corrected chi connectivity index (χ3v) is 4.32. The van der Waals surface area contributed by atoms with Gasteiger partial charge in [-0.25, -0.2) is 0 Å². The standard InChI is InChI=1S/C23H18O4/c1-25-20-10-6-5-9-17(20)13-22-23(24)19-12-11-18(14-21(19)27-22)26-15-16-7-3-2-4-8-16/h2-14H,15H2,1H3/b22-13-. The van der Waals surface area contributed by atoms with E-state index in [0.29, 0.717) is 29.4 Å². The summed E-state index contributed by atoms with van der Waals surface area (Å²) in [4.78, 5) is 12.6. The second-order valence-corrected chi connectivity index (χ2v) is 6.11. The van der Waals surface area contributed by atoms with Crippen molar-refractivity contribution >= 4 is 11.9 Å². The third kappa shape index (κ3) is 3.55. The number of ether oxygens (including phenoxy) is 3. The topological polar surface area (TPSA) is 44.8 Å². The highest BCUT2D eigenvalue weighted by molar-refractivity contribution is 6.14. The van der Waals surface area contributed by atoms with E-state index in [-0.39, 0.29) is 11.5 Å². The summed E-state index contributed by atoms with van der Waals surface area (Å²) in [6, 6.07) is 22.7. The van der Waals surface area contributed by atoms with Gasteiger partial charge in [0.25, 0.3) is 0 Å². The molecule has 0 saturated carbocycles. The van der Waals surface area contributed by atoms with E-state index in [9.17, 15) is 4.79 Å². The first-order chi connectivity index (χ1) is 13.2. The maximum Gasteiger partial charge on any atom is 0.231 e. The van der Waals surface area contributed by atoms with Gasteiger partial charge in [-0.15, -0.1) is 0 Å². The number of hydrogen-bond acceptors (Lipinski definition) is 4. The summed E-state index contributed by atoms with van der Waals surface area (Å²) in [7, 11) is 1.60. The predicted octanol–water partition coefficient (Wildman–Crippen LogP) is 4.89. The van der Waals surface area contributed by atoms with Gasteiger partial charge in [0.2, 0.25) is 5.78 Å². The Kier molecular flexibility index (Phi) is 4.62. The molecule has 0 radical (unpaired) electrons. The molecule has 0 saturated heterocycles. The average molecular weight is 358 g/mol. The number of ketones is 1. The van der Waals surface area contributed by atoms with Crippen molar-refractivity contribution in [2.24, 2.45) is 0 Å². The Morgan fingerprint density at radius 1 is 0.963 bits per heavy atom. The van der Waals surface area contributed by atoms with Gasteiger partial charge in [0.1, 0.15) is 23.9 Å². The molecule has 0 amide bonds. The van der Waals surface area contributed by atoms with Crippen molar-refractivity contribution in [3.05, 3.63) is 95.2 Å². The first-order valence-electron chi connectivity index (χ1n) is 8.62. The first-order valence-corrected chi connectivity index (χ1v) is 8.62. The second kappa shape index (κ2) is 7.38. The maximum atomic E-state index is 12.6. The maximum absolute atomic E-state index is 12.6. The highest BCUT2D eigenvalue weighted by Crippen LogP contribution is 2.35. The quantitative estimate of drug-likeness (QED) is 0.609. The van der Waals surface area contributed by atoms with Crippen LogP contribution < -0.4 is 14.2 Å². The molecular formula is C23H18O4. The van der Waals surface area contributed by atoms with Crippen LogP contribution in [0.2, 0.25) is 0 Å². The van der Waals surface area contributed by atoms with Gasteiger partial charge in [0.05, 0.1) is 12.7 Å². The summed E-state index contributed by atoms with van der Waals surface area (Å²) >= 11 is 0. The lowest BCUT2D eigenvalue weighted by Crippen LogP contribution is -1.98. The summed E-state index contributed by atoms with van der Waals surface area (Å²) < 4.78 is 16.9. The van der Waals surface area contributed by atoms with E-state index >= 15 is 0 Å². The Morgan fingerprint density at radius 3 is 2.56 bits per heavy atom. The van der Waals surface area contributed by atoms with E-state index in [4.69, 9.17) is 14.2 Å². The van der Waals surface area contributed by atoms with Gasteiger partial charge >= 0.3 is 0 Å². The number of carbonyl (C=O) groups is 1. The summed E-state index contributed by atoms with van der Waals surface area (Å²) in [6.07, 6.45) is 1.70. The van der Waals surface area contributed by atoms with Crippen LogP contribution in [0.15, 0.2) is 78.6 Å². The number of para-hydroxylation sites is 1. The van der Waals surface area contributed by atoms with E-state index in [1.165, 1.54) is 0 Å². The molecule has 0 N–H and O–H groups in total. The fraction of sp³-hybridized carbons (Fsp3) is 0.0870. The van der Waals surface area contributed by atoms with E-state index in [0.717, 1.165) is 11.1 Å². The van der Waals surface area contributed by atoms with Crippen LogP contribution in [0.5, 0.6) is 17.2 Å². The summed E-state index contributed by atoms with van der Waals surface area (Å²) in [5, 5.41) is 0. The number of carbonyl (C=O) groups excluding carboxylic acids is 1. The molecule has 0 aliphatic carbocycles. The average Bonchev–Trinajstić information content (AvgIpc) is 3.02. The number of fused-ring (bicyclic) bond motifs is 1. The smallest absolute Gasteiger partial charge is 0.231 e. The third-order valence-electron chi connectivity index (χ3n) is 4.32. The van der Waals surface area contributed by atoms with Crippen molar-refractivity contribution in [3.8, 4) is 17.2 Å². The fourth-order valence-electron chi connectivity index (χ4n) is 2.92. The van der Waals surface area contributed by atoms with Crippen molar-refractivity contribution in [1.29, 1.82) is 0 Å². The van der Waals surface area contributed by atoms with Crippen molar-refractivity contribution in [2.75, 3.05) is 7.11 Å². The zero-order chi connectivity index (χ0) is 18.6. The molecule has 134 valence electrons. The van der Waals surface area contributed by atoms with Crippen molar-refractivity contribution in [2.45, 2.75) is 6.61 Å². The monoisotopic (exact) mass is 358 g/mol. The van der Waals surface area contributed by atoms with Crippen LogP contribution in [-0.2, 0) is 6.61 Å². The zero-order valence-corrected chi connectivity index (χ0v) is 14.8. The molecule has 1 aliphatic heterocycles. The van der Waals surface area contributed by atoms with Gasteiger partial charge in [-0.1, -0.05) is 48.5 Å². The van der Waals surface area contributed by atoms with Gasteiger partial charge in [0, 0.05) is 11.6 Å². The SMILES string of the molecule is COc1ccccc1/C=C1\Oc2cc(OCc3ccccc3)ccc2C1=O. The number of rotatable bonds is 5. The fourth-order valence-corrected chi connectivity index (χ4v) is 2.92. The number of hydrogen-bond donors (Lipinski definition) is 0. The summed E-state index contributed by atoms with van der Waals surface area (Å²) in [5.74, 6) is 1.97. The van der Waals surface area contributed by atoms with E-state index in [1.807, 2.05) is 54.6 Å². The highest BCUT2D eigenvalue weighted by Gasteiger charge is 2.28. The van der Waals surface area contributed by atoms with Crippen LogP contribution in [0.3, 0.4) is 0 Å². The minimum Gasteiger partial charge on any atom is -0.496 e. The molecule has 0 fully saturated rings. The molecule has 3 aromatic carbocycles. The van der Waals surface area contributed by atoms with Gasteiger partial charge in [-0.3, -0.25) is 4.79 Å². The van der Waals surface area contributed by atoms with Crippen LogP contribution in [0.25, 0.3) is 6.08 Å². The molecule has 1 heterocycles. The van der Waals surface area contributed by atoms with Crippen molar-refractivity contribution < 1.29 is 19.0 Å². The molecule has 1 aliphatic rings. The van der Waals surface area contributed by atoms with E-state index in [2.05, 4.69) is 0 Å². The Bertz CT molecular complexity index is 1010. The van der Waals surface area contributed by atoms with Crippen LogP contribution in [0, 0.1) is 0 Å². The van der Waals surface area contributed by atoms with Crippen molar-refractivity contribution in [1.82, 2.24) is 0 Å². The van der Waals surface area contributed by atoms with Crippen LogP contribution in [-0.4, -0.2) is 12.9 Å². The van der Waals surface area contributed by atoms with Crippen LogP contribution in [0.4, 0.5) is 0 Å². The lowest BCUT2D eigenvalue weighted by atomic mass is 10.1. The highest BCUT2D eigenvalue weighted by atomic mass is 16.5. The minimum atomic E-state index is -0.148. The Labute approximate surface area is 157 Å². The van der Waals surface area contributed by atoms with Crippen molar-refractivity contribution in [3.63, 3.8) is 0 Å². The van der Waals surface area contributed by atoms with Gasteiger partial charge < -0.3 is 14.2 Å². The lowest BCUT2D eigenvalue weighted by Gasteiger charge is -2.07. The summed E-state index contributed by atoms with van der Waals surface area (Å²) in [5.41, 5.74) is 2.40. The lowest BCUT2D eigenvalue weighted by molar-refractivity contribution is 0.101. The van der Waals surface area contributed by atoms with Crippen LogP contribution >= 0.6 is 0 Å². The molecule has 0 atom stereocenters. The van der Waals surface area contributed by atoms with E-state index < -0.39 is 0 Å². The largest absolute Gasteiger partial charge is 0.496 e. The molecule has 0 aromatic heterocycles. The van der Waals surface area contributed by atoms with Gasteiger partial charge in [-0.2, -0.15) is 0 Å². The molecular weight excluding hydrogens is 340 g/mol. The number of benzene rings is 3. The van der Waals surface area contributed by atoms with Gasteiger partial charge in [0.15, 0.2) is 5.76 Å². The number of methoxy groups -OCH3 is 1. The number of allylic oxidation sites excluding steroid dienone is 1. The Morgan fingerprint density at radius 2 is 1.74 bits per heavy atom. The molecule has 0 spiro atoms.